The van der Waals surface area contributed by atoms with Gasteiger partial charge in [0.05, 0.1) is 17.0 Å². The van der Waals surface area contributed by atoms with Gasteiger partial charge in [-0.1, -0.05) is 35.0 Å². The third-order valence-corrected chi connectivity index (χ3v) is 4.45. The second-order valence-electron chi connectivity index (χ2n) is 6.41. The Balaban J connectivity index is 1.39. The number of rotatable bonds is 6. The fourth-order valence-electron chi connectivity index (χ4n) is 2.82. The molecule has 0 saturated carbocycles. The average Bonchev–Trinajstić information content (AvgIpc) is 3.16. The van der Waals surface area contributed by atoms with Crippen LogP contribution in [0.4, 0.5) is 11.6 Å². The van der Waals surface area contributed by atoms with Crippen molar-refractivity contribution in [3.8, 4) is 17.1 Å². The summed E-state index contributed by atoms with van der Waals surface area (Å²) in [6.07, 6.45) is 0.613. The highest BCUT2D eigenvalue weighted by molar-refractivity contribution is 6.29. The second kappa shape index (κ2) is 8.20. The maximum atomic E-state index is 5.91. The molecule has 7 nitrogen and oxygen atoms in total. The minimum absolute atomic E-state index is 0.309. The molecule has 0 unspecified atom stereocenters. The van der Waals surface area contributed by atoms with Crippen LogP contribution in [-0.4, -0.2) is 15.1 Å². The zero-order valence-electron chi connectivity index (χ0n) is 15.4. The van der Waals surface area contributed by atoms with Gasteiger partial charge in [0.2, 0.25) is 0 Å². The molecule has 1 aromatic carbocycles. The predicted molar refractivity (Wildman–Crippen MR) is 111 cm³/mol. The number of halogens is 1. The van der Waals surface area contributed by atoms with Crippen molar-refractivity contribution in [2.45, 2.75) is 13.0 Å². The highest BCUT2D eigenvalue weighted by atomic mass is 35.5. The van der Waals surface area contributed by atoms with Crippen molar-refractivity contribution in [2.75, 3.05) is 11.5 Å². The van der Waals surface area contributed by atoms with Gasteiger partial charge in [-0.25, -0.2) is 9.97 Å². The van der Waals surface area contributed by atoms with Crippen LogP contribution in [0.25, 0.3) is 11.3 Å². The number of nitrogens with zero attached hydrogens (tertiary/aromatic N) is 3. The van der Waals surface area contributed by atoms with E-state index in [-0.39, 0.29) is 0 Å². The topological polar surface area (TPSA) is 113 Å². The number of nitrogen functional groups attached to an aromatic ring is 2. The molecule has 0 bridgehead atoms. The molecule has 0 saturated heterocycles. The Kier molecular flexibility index (Phi) is 5.31. The van der Waals surface area contributed by atoms with Gasteiger partial charge in [0.25, 0.3) is 0 Å². The van der Waals surface area contributed by atoms with Crippen molar-refractivity contribution in [1.29, 1.82) is 0 Å². The van der Waals surface area contributed by atoms with Crippen LogP contribution in [0.3, 0.4) is 0 Å². The molecule has 0 aliphatic carbocycles. The van der Waals surface area contributed by atoms with Crippen molar-refractivity contribution >= 4 is 23.2 Å². The molecule has 4 rings (SSSR count). The van der Waals surface area contributed by atoms with Crippen molar-refractivity contribution in [3.05, 3.63) is 82.8 Å². The standard InChI is InChI=1S/C21H18ClN5O2/c22-19-3-1-2-14(25-19)12-28-16-6-4-13(5-7-16)10-15-11-18(29-27-15)17-8-9-20(23)26-21(17)24/h1-9,11H,10,12H2,(H4,23,24,26). The number of nitrogens with two attached hydrogens (primary N) is 2. The minimum Gasteiger partial charge on any atom is -0.487 e. The highest BCUT2D eigenvalue weighted by Crippen LogP contribution is 2.27. The van der Waals surface area contributed by atoms with E-state index < -0.39 is 0 Å². The first-order valence-corrected chi connectivity index (χ1v) is 9.26. The molecule has 0 atom stereocenters. The maximum absolute atomic E-state index is 5.91. The van der Waals surface area contributed by atoms with Gasteiger partial charge < -0.3 is 20.7 Å². The average molecular weight is 408 g/mol. The van der Waals surface area contributed by atoms with E-state index in [1.54, 1.807) is 18.2 Å². The van der Waals surface area contributed by atoms with Crippen LogP contribution < -0.4 is 16.2 Å². The van der Waals surface area contributed by atoms with E-state index in [1.165, 1.54) is 0 Å². The van der Waals surface area contributed by atoms with Gasteiger partial charge in [0, 0.05) is 12.5 Å². The Labute approximate surface area is 172 Å². The summed E-state index contributed by atoms with van der Waals surface area (Å²) < 4.78 is 11.2. The molecule has 0 spiro atoms. The van der Waals surface area contributed by atoms with Gasteiger partial charge in [-0.05, 0) is 42.0 Å². The van der Waals surface area contributed by atoms with E-state index >= 15 is 0 Å². The highest BCUT2D eigenvalue weighted by Gasteiger charge is 2.11. The fourth-order valence-corrected chi connectivity index (χ4v) is 3.00. The molecule has 29 heavy (non-hydrogen) atoms. The number of hydrogen-bond acceptors (Lipinski definition) is 7. The monoisotopic (exact) mass is 407 g/mol. The molecular weight excluding hydrogens is 390 g/mol. The Hall–Kier alpha value is -3.58. The Morgan fingerprint density at radius 3 is 2.52 bits per heavy atom. The van der Waals surface area contributed by atoms with Gasteiger partial charge in [-0.2, -0.15) is 0 Å². The van der Waals surface area contributed by atoms with Crippen LogP contribution in [0.5, 0.6) is 5.75 Å². The number of anilines is 2. The molecular formula is C21H18ClN5O2. The van der Waals surface area contributed by atoms with Gasteiger partial charge in [0.15, 0.2) is 5.76 Å². The van der Waals surface area contributed by atoms with Gasteiger partial charge in [-0.15, -0.1) is 0 Å². The molecule has 0 radical (unpaired) electrons. The van der Waals surface area contributed by atoms with E-state index in [0.717, 1.165) is 22.7 Å². The Morgan fingerprint density at radius 1 is 0.931 bits per heavy atom. The van der Waals surface area contributed by atoms with Crippen LogP contribution >= 0.6 is 11.6 Å². The van der Waals surface area contributed by atoms with Crippen LogP contribution in [-0.2, 0) is 13.0 Å². The number of hydrogen-bond donors (Lipinski definition) is 2. The summed E-state index contributed by atoms with van der Waals surface area (Å²) in [6.45, 7) is 0.351. The molecule has 0 aliphatic heterocycles. The normalized spacial score (nSPS) is 10.8. The van der Waals surface area contributed by atoms with E-state index in [2.05, 4.69) is 15.1 Å². The predicted octanol–water partition coefficient (Wildman–Crippen LogP) is 4.12. The van der Waals surface area contributed by atoms with E-state index in [1.807, 2.05) is 42.5 Å². The molecule has 0 aliphatic rings. The van der Waals surface area contributed by atoms with Gasteiger partial charge >= 0.3 is 0 Å². The molecule has 4 N–H and O–H groups in total. The largest absolute Gasteiger partial charge is 0.487 e. The zero-order chi connectivity index (χ0) is 20.2. The number of pyridine rings is 2. The lowest BCUT2D eigenvalue weighted by Gasteiger charge is -2.06. The van der Waals surface area contributed by atoms with Crippen molar-refractivity contribution in [1.82, 2.24) is 15.1 Å². The maximum Gasteiger partial charge on any atom is 0.170 e. The van der Waals surface area contributed by atoms with Crippen LogP contribution in [0.2, 0.25) is 5.15 Å². The second-order valence-corrected chi connectivity index (χ2v) is 6.80. The molecule has 0 amide bonds. The first-order chi connectivity index (χ1) is 14.1. The number of benzene rings is 1. The van der Waals surface area contributed by atoms with Gasteiger partial charge in [-0.3, -0.25) is 0 Å². The van der Waals surface area contributed by atoms with E-state index in [0.29, 0.717) is 41.1 Å². The summed E-state index contributed by atoms with van der Waals surface area (Å²) in [5.41, 5.74) is 14.8. The molecule has 146 valence electrons. The van der Waals surface area contributed by atoms with E-state index in [4.69, 9.17) is 32.3 Å². The van der Waals surface area contributed by atoms with E-state index in [9.17, 15) is 0 Å². The summed E-state index contributed by atoms with van der Waals surface area (Å²) in [5, 5.41) is 4.57. The number of aromatic nitrogens is 3. The summed E-state index contributed by atoms with van der Waals surface area (Å²) >= 11 is 5.88. The summed E-state index contributed by atoms with van der Waals surface area (Å²) in [5.74, 6) is 1.97. The van der Waals surface area contributed by atoms with Crippen molar-refractivity contribution in [3.63, 3.8) is 0 Å². The first-order valence-electron chi connectivity index (χ1n) is 8.88. The quantitative estimate of drug-likeness (QED) is 0.462. The van der Waals surface area contributed by atoms with Crippen LogP contribution in [0, 0.1) is 0 Å². The van der Waals surface area contributed by atoms with Crippen LogP contribution in [0.15, 0.2) is 65.2 Å². The SMILES string of the molecule is Nc1ccc(-c2cc(Cc3ccc(OCc4cccc(Cl)n4)cc3)no2)c(N)n1. The third-order valence-electron chi connectivity index (χ3n) is 4.24. The smallest absolute Gasteiger partial charge is 0.170 e. The summed E-state index contributed by atoms with van der Waals surface area (Å²) in [7, 11) is 0. The molecule has 0 fully saturated rings. The van der Waals surface area contributed by atoms with Crippen LogP contribution in [0.1, 0.15) is 17.0 Å². The summed E-state index contributed by atoms with van der Waals surface area (Å²) in [4.78, 5) is 8.24. The Morgan fingerprint density at radius 2 is 1.76 bits per heavy atom. The summed E-state index contributed by atoms with van der Waals surface area (Å²) in [6, 6.07) is 18.5. The number of ether oxygens (including phenoxy) is 1. The van der Waals surface area contributed by atoms with Crippen molar-refractivity contribution in [2.24, 2.45) is 0 Å². The lowest BCUT2D eigenvalue weighted by Crippen LogP contribution is -1.98. The lowest BCUT2D eigenvalue weighted by atomic mass is 10.1. The van der Waals surface area contributed by atoms with Crippen molar-refractivity contribution < 1.29 is 9.26 Å². The minimum atomic E-state index is 0.309. The lowest BCUT2D eigenvalue weighted by molar-refractivity contribution is 0.301. The molecule has 8 heteroatoms. The fraction of sp³-hybridized carbons (Fsp3) is 0.0952. The molecule has 4 aromatic rings. The molecule has 3 aromatic heterocycles. The zero-order valence-corrected chi connectivity index (χ0v) is 16.1. The van der Waals surface area contributed by atoms with Gasteiger partial charge in [0.1, 0.15) is 29.1 Å². The molecule has 3 heterocycles. The Bertz CT molecular complexity index is 1130. The third kappa shape index (κ3) is 4.64. The first kappa shape index (κ1) is 18.8.